The zero-order valence-corrected chi connectivity index (χ0v) is 6.79. The van der Waals surface area contributed by atoms with Crippen LogP contribution in [0.3, 0.4) is 0 Å². The zero-order valence-electron chi connectivity index (χ0n) is 6.79. The first kappa shape index (κ1) is 9.43. The summed E-state index contributed by atoms with van der Waals surface area (Å²) < 4.78 is 0. The number of hydrogen-bond donors (Lipinski definition) is 1. The van der Waals surface area contributed by atoms with E-state index >= 15 is 0 Å². The SMILES string of the molecule is CC(C)CN(C)C(=O)CO. The molecule has 0 radical (unpaired) electrons. The summed E-state index contributed by atoms with van der Waals surface area (Å²) in [6.45, 7) is 4.38. The lowest BCUT2D eigenvalue weighted by Gasteiger charge is -2.17. The van der Waals surface area contributed by atoms with Gasteiger partial charge in [-0.15, -0.1) is 0 Å². The van der Waals surface area contributed by atoms with Crippen molar-refractivity contribution in [3.63, 3.8) is 0 Å². The van der Waals surface area contributed by atoms with Crippen molar-refractivity contribution in [1.82, 2.24) is 4.90 Å². The number of carbonyl (C=O) groups is 1. The summed E-state index contributed by atoms with van der Waals surface area (Å²) >= 11 is 0. The van der Waals surface area contributed by atoms with Crippen LogP contribution in [0.15, 0.2) is 0 Å². The number of carbonyl (C=O) groups excluding carboxylic acids is 1. The van der Waals surface area contributed by atoms with Crippen LogP contribution >= 0.6 is 0 Å². The second-order valence-electron chi connectivity index (χ2n) is 2.83. The summed E-state index contributed by atoms with van der Waals surface area (Å²) in [5, 5.41) is 8.43. The standard InChI is InChI=1S/C7H15NO2/c1-6(2)4-8(3)7(10)5-9/h6,9H,4-5H2,1-3H3. The van der Waals surface area contributed by atoms with Gasteiger partial charge in [0.25, 0.3) is 0 Å². The van der Waals surface area contributed by atoms with Crippen molar-refractivity contribution >= 4 is 5.91 Å². The Morgan fingerprint density at radius 2 is 2.10 bits per heavy atom. The molecule has 0 aromatic carbocycles. The van der Waals surface area contributed by atoms with E-state index in [4.69, 9.17) is 5.11 Å². The van der Waals surface area contributed by atoms with E-state index in [1.54, 1.807) is 7.05 Å². The minimum Gasteiger partial charge on any atom is -0.387 e. The molecule has 0 aliphatic carbocycles. The number of rotatable bonds is 3. The number of nitrogens with zero attached hydrogens (tertiary/aromatic N) is 1. The minimum atomic E-state index is -0.386. The predicted octanol–water partition coefficient (Wildman–Crippen LogP) is 0.0931. The molecule has 0 atom stereocenters. The summed E-state index contributed by atoms with van der Waals surface area (Å²) in [4.78, 5) is 12.3. The quantitative estimate of drug-likeness (QED) is 0.611. The highest BCUT2D eigenvalue weighted by molar-refractivity contribution is 5.76. The van der Waals surface area contributed by atoms with Crippen LogP contribution in [0.1, 0.15) is 13.8 Å². The molecule has 60 valence electrons. The van der Waals surface area contributed by atoms with Crippen molar-refractivity contribution < 1.29 is 9.90 Å². The van der Waals surface area contributed by atoms with Crippen molar-refractivity contribution in [3.8, 4) is 0 Å². The summed E-state index contributed by atoms with van der Waals surface area (Å²) in [5.74, 6) is 0.245. The van der Waals surface area contributed by atoms with Gasteiger partial charge in [0.2, 0.25) is 5.91 Å². The number of hydrogen-bond acceptors (Lipinski definition) is 2. The van der Waals surface area contributed by atoms with Gasteiger partial charge in [-0.1, -0.05) is 13.8 Å². The van der Waals surface area contributed by atoms with Crippen LogP contribution in [-0.4, -0.2) is 36.1 Å². The molecule has 3 heteroatoms. The molecule has 3 nitrogen and oxygen atoms in total. The molecule has 1 amide bonds. The lowest BCUT2D eigenvalue weighted by Crippen LogP contribution is -2.32. The highest BCUT2D eigenvalue weighted by atomic mass is 16.3. The van der Waals surface area contributed by atoms with Crippen LogP contribution in [0.25, 0.3) is 0 Å². The van der Waals surface area contributed by atoms with Gasteiger partial charge >= 0.3 is 0 Å². The first-order valence-electron chi connectivity index (χ1n) is 3.42. The number of amides is 1. The smallest absolute Gasteiger partial charge is 0.248 e. The Hall–Kier alpha value is -0.570. The molecule has 0 saturated carbocycles. The van der Waals surface area contributed by atoms with E-state index in [-0.39, 0.29) is 12.5 Å². The van der Waals surface area contributed by atoms with Crippen LogP contribution in [0.4, 0.5) is 0 Å². The van der Waals surface area contributed by atoms with Gasteiger partial charge in [0, 0.05) is 13.6 Å². The van der Waals surface area contributed by atoms with Crippen LogP contribution < -0.4 is 0 Å². The van der Waals surface area contributed by atoms with Gasteiger partial charge in [0.05, 0.1) is 0 Å². The molecular weight excluding hydrogens is 130 g/mol. The lowest BCUT2D eigenvalue weighted by atomic mass is 10.2. The zero-order chi connectivity index (χ0) is 8.15. The Balaban J connectivity index is 3.61. The summed E-state index contributed by atoms with van der Waals surface area (Å²) in [6.07, 6.45) is 0. The third kappa shape index (κ3) is 3.45. The van der Waals surface area contributed by atoms with Crippen LogP contribution in [0.5, 0.6) is 0 Å². The second-order valence-corrected chi connectivity index (χ2v) is 2.83. The molecule has 10 heavy (non-hydrogen) atoms. The third-order valence-electron chi connectivity index (χ3n) is 1.20. The van der Waals surface area contributed by atoms with E-state index < -0.39 is 0 Å². The van der Waals surface area contributed by atoms with E-state index in [0.29, 0.717) is 12.5 Å². The number of aliphatic hydroxyl groups is 1. The van der Waals surface area contributed by atoms with Gasteiger partial charge in [-0.25, -0.2) is 0 Å². The van der Waals surface area contributed by atoms with Gasteiger partial charge in [-0.2, -0.15) is 0 Å². The van der Waals surface area contributed by atoms with E-state index in [1.807, 2.05) is 13.8 Å². The molecule has 0 heterocycles. The highest BCUT2D eigenvalue weighted by Gasteiger charge is 2.07. The first-order valence-corrected chi connectivity index (χ1v) is 3.42. The molecule has 0 rings (SSSR count). The fourth-order valence-electron chi connectivity index (χ4n) is 0.770. The Kier molecular flexibility index (Phi) is 4.03. The largest absolute Gasteiger partial charge is 0.387 e. The van der Waals surface area contributed by atoms with Crippen molar-refractivity contribution in [2.24, 2.45) is 5.92 Å². The van der Waals surface area contributed by atoms with Crippen LogP contribution in [-0.2, 0) is 4.79 Å². The number of aliphatic hydroxyl groups excluding tert-OH is 1. The third-order valence-corrected chi connectivity index (χ3v) is 1.20. The molecule has 0 aliphatic heterocycles. The fraction of sp³-hybridized carbons (Fsp3) is 0.857. The van der Waals surface area contributed by atoms with Crippen molar-refractivity contribution in [1.29, 1.82) is 0 Å². The van der Waals surface area contributed by atoms with Crippen LogP contribution in [0, 0.1) is 5.92 Å². The maximum atomic E-state index is 10.7. The van der Waals surface area contributed by atoms with E-state index in [9.17, 15) is 4.79 Å². The predicted molar refractivity (Wildman–Crippen MR) is 39.6 cm³/mol. The van der Waals surface area contributed by atoms with Gasteiger partial charge in [0.15, 0.2) is 0 Å². The molecule has 0 fully saturated rings. The average molecular weight is 145 g/mol. The summed E-state index contributed by atoms with van der Waals surface area (Å²) in [7, 11) is 1.69. The summed E-state index contributed by atoms with van der Waals surface area (Å²) in [5.41, 5.74) is 0. The monoisotopic (exact) mass is 145 g/mol. The lowest BCUT2D eigenvalue weighted by molar-refractivity contribution is -0.133. The van der Waals surface area contributed by atoms with Gasteiger partial charge in [-0.3, -0.25) is 4.79 Å². The molecule has 0 aromatic rings. The van der Waals surface area contributed by atoms with Crippen molar-refractivity contribution in [2.45, 2.75) is 13.8 Å². The fourth-order valence-corrected chi connectivity index (χ4v) is 0.770. The van der Waals surface area contributed by atoms with E-state index in [0.717, 1.165) is 0 Å². The minimum absolute atomic E-state index is 0.214. The Morgan fingerprint density at radius 3 is 2.40 bits per heavy atom. The van der Waals surface area contributed by atoms with Gasteiger partial charge in [-0.05, 0) is 5.92 Å². The Bertz CT molecular complexity index is 112. The highest BCUT2D eigenvalue weighted by Crippen LogP contribution is 1.94. The molecular formula is C7H15NO2. The molecule has 0 unspecified atom stereocenters. The molecule has 0 spiro atoms. The van der Waals surface area contributed by atoms with Gasteiger partial charge in [0.1, 0.15) is 6.61 Å². The Morgan fingerprint density at radius 1 is 1.60 bits per heavy atom. The topological polar surface area (TPSA) is 40.5 Å². The van der Waals surface area contributed by atoms with Crippen molar-refractivity contribution in [2.75, 3.05) is 20.2 Å². The summed E-state index contributed by atoms with van der Waals surface area (Å²) in [6, 6.07) is 0. The maximum Gasteiger partial charge on any atom is 0.248 e. The van der Waals surface area contributed by atoms with E-state index in [1.165, 1.54) is 4.90 Å². The van der Waals surface area contributed by atoms with Crippen LogP contribution in [0.2, 0.25) is 0 Å². The maximum absolute atomic E-state index is 10.7. The Labute approximate surface area is 61.6 Å². The number of likely N-dealkylation sites (N-methyl/N-ethyl adjacent to an activating group) is 1. The van der Waals surface area contributed by atoms with E-state index in [2.05, 4.69) is 0 Å². The average Bonchev–Trinajstić information content (AvgIpc) is 1.85. The molecule has 0 saturated heterocycles. The molecule has 1 N–H and O–H groups in total. The van der Waals surface area contributed by atoms with Gasteiger partial charge < -0.3 is 10.0 Å². The first-order chi connectivity index (χ1) is 4.57. The van der Waals surface area contributed by atoms with Crippen molar-refractivity contribution in [3.05, 3.63) is 0 Å². The molecule has 0 aliphatic rings. The normalized spacial score (nSPS) is 10.1. The molecule has 0 aromatic heterocycles. The second kappa shape index (κ2) is 4.28. The molecule has 0 bridgehead atoms.